The lowest BCUT2D eigenvalue weighted by atomic mass is 9.87. The molecular formula is C19H24N2O3S2. The topological polar surface area (TPSA) is 89.3 Å². The third-order valence-electron chi connectivity index (χ3n) is 4.94. The SMILES string of the molecule is CC[C@@H]1CCc2sc(C(=O)NCCc3ccc(S(N)(=O)=O)cc3)cc2C1. The molecule has 3 rings (SSSR count). The Hall–Kier alpha value is -1.70. The van der Waals surface area contributed by atoms with Crippen LogP contribution in [-0.2, 0) is 29.3 Å². The summed E-state index contributed by atoms with van der Waals surface area (Å²) in [6, 6.07) is 8.48. The molecule has 0 radical (unpaired) electrons. The van der Waals surface area contributed by atoms with E-state index in [0.717, 1.165) is 29.2 Å². The number of primary sulfonamides is 1. The summed E-state index contributed by atoms with van der Waals surface area (Å²) in [6.45, 7) is 2.73. The summed E-state index contributed by atoms with van der Waals surface area (Å²) in [5, 5.41) is 8.04. The minimum Gasteiger partial charge on any atom is -0.351 e. The second kappa shape index (κ2) is 7.90. The Labute approximate surface area is 158 Å². The number of hydrogen-bond donors (Lipinski definition) is 2. The van der Waals surface area contributed by atoms with Crippen molar-refractivity contribution in [2.75, 3.05) is 6.54 Å². The van der Waals surface area contributed by atoms with E-state index in [-0.39, 0.29) is 10.8 Å². The van der Waals surface area contributed by atoms with Crippen molar-refractivity contribution in [2.45, 2.75) is 43.9 Å². The largest absolute Gasteiger partial charge is 0.351 e. The number of rotatable bonds is 6. The molecule has 140 valence electrons. The molecule has 5 nitrogen and oxygen atoms in total. The molecule has 1 amide bonds. The third kappa shape index (κ3) is 4.52. The molecule has 1 aromatic carbocycles. The van der Waals surface area contributed by atoms with Gasteiger partial charge in [0.1, 0.15) is 0 Å². The predicted molar refractivity (Wildman–Crippen MR) is 104 cm³/mol. The minimum atomic E-state index is -3.67. The second-order valence-corrected chi connectivity index (χ2v) is 9.47. The molecule has 26 heavy (non-hydrogen) atoms. The average Bonchev–Trinajstić information content (AvgIpc) is 3.04. The molecule has 0 bridgehead atoms. The van der Waals surface area contributed by atoms with Crippen LogP contribution in [0.5, 0.6) is 0 Å². The number of benzene rings is 1. The van der Waals surface area contributed by atoms with Crippen LogP contribution in [0.1, 0.15) is 45.4 Å². The van der Waals surface area contributed by atoms with Gasteiger partial charge in [-0.25, -0.2) is 13.6 Å². The first-order valence-electron chi connectivity index (χ1n) is 8.88. The Morgan fingerprint density at radius 2 is 2.04 bits per heavy atom. The van der Waals surface area contributed by atoms with Crippen molar-refractivity contribution in [1.29, 1.82) is 0 Å². The van der Waals surface area contributed by atoms with E-state index in [1.165, 1.54) is 35.4 Å². The van der Waals surface area contributed by atoms with Crippen LogP contribution in [-0.4, -0.2) is 20.9 Å². The second-order valence-electron chi connectivity index (χ2n) is 6.77. The summed E-state index contributed by atoms with van der Waals surface area (Å²) in [4.78, 5) is 14.6. The van der Waals surface area contributed by atoms with E-state index in [4.69, 9.17) is 5.14 Å². The zero-order valence-corrected chi connectivity index (χ0v) is 16.5. The fourth-order valence-electron chi connectivity index (χ4n) is 3.31. The van der Waals surface area contributed by atoms with E-state index < -0.39 is 10.0 Å². The van der Waals surface area contributed by atoms with Crippen LogP contribution in [0, 0.1) is 5.92 Å². The number of thiophene rings is 1. The molecule has 1 aromatic heterocycles. The number of nitrogens with one attached hydrogen (secondary N) is 1. The van der Waals surface area contributed by atoms with Crippen LogP contribution in [0.15, 0.2) is 35.2 Å². The molecule has 0 aliphatic heterocycles. The maximum Gasteiger partial charge on any atom is 0.261 e. The lowest BCUT2D eigenvalue weighted by Crippen LogP contribution is -2.24. The number of hydrogen-bond acceptors (Lipinski definition) is 4. The van der Waals surface area contributed by atoms with Crippen molar-refractivity contribution in [2.24, 2.45) is 11.1 Å². The molecule has 0 spiro atoms. The average molecular weight is 393 g/mol. The Balaban J connectivity index is 1.54. The molecule has 0 unspecified atom stereocenters. The van der Waals surface area contributed by atoms with E-state index in [1.807, 2.05) is 0 Å². The Morgan fingerprint density at radius 1 is 1.31 bits per heavy atom. The Morgan fingerprint density at radius 3 is 2.69 bits per heavy atom. The van der Waals surface area contributed by atoms with Crippen LogP contribution in [0.3, 0.4) is 0 Å². The van der Waals surface area contributed by atoms with Gasteiger partial charge in [-0.2, -0.15) is 0 Å². The fourth-order valence-corrected chi connectivity index (χ4v) is 4.95. The van der Waals surface area contributed by atoms with Gasteiger partial charge in [-0.05, 0) is 60.9 Å². The maximum atomic E-state index is 12.4. The fraction of sp³-hybridized carbons (Fsp3) is 0.421. The lowest BCUT2D eigenvalue weighted by molar-refractivity contribution is 0.0958. The number of nitrogens with two attached hydrogens (primary N) is 1. The van der Waals surface area contributed by atoms with Crippen LogP contribution >= 0.6 is 11.3 Å². The molecule has 0 saturated heterocycles. The van der Waals surface area contributed by atoms with Crippen LogP contribution < -0.4 is 10.5 Å². The van der Waals surface area contributed by atoms with Crippen LogP contribution in [0.4, 0.5) is 0 Å². The van der Waals surface area contributed by atoms with E-state index in [9.17, 15) is 13.2 Å². The van der Waals surface area contributed by atoms with Gasteiger partial charge in [0.2, 0.25) is 10.0 Å². The van der Waals surface area contributed by atoms with E-state index >= 15 is 0 Å². The van der Waals surface area contributed by atoms with Gasteiger partial charge in [0.05, 0.1) is 9.77 Å². The number of fused-ring (bicyclic) bond motifs is 1. The normalized spacial score (nSPS) is 16.9. The molecule has 3 N–H and O–H groups in total. The van der Waals surface area contributed by atoms with Crippen molar-refractivity contribution < 1.29 is 13.2 Å². The summed E-state index contributed by atoms with van der Waals surface area (Å²) in [5.41, 5.74) is 2.30. The van der Waals surface area contributed by atoms with Gasteiger partial charge in [-0.1, -0.05) is 25.5 Å². The van der Waals surface area contributed by atoms with E-state index in [2.05, 4.69) is 18.3 Å². The Kier molecular flexibility index (Phi) is 5.79. The molecule has 1 aliphatic carbocycles. The van der Waals surface area contributed by atoms with Gasteiger partial charge >= 0.3 is 0 Å². The summed E-state index contributed by atoms with van der Waals surface area (Å²) in [7, 11) is -3.67. The van der Waals surface area contributed by atoms with Gasteiger partial charge in [-0.3, -0.25) is 4.79 Å². The molecule has 1 aliphatic rings. The predicted octanol–water partition coefficient (Wildman–Crippen LogP) is 2.88. The molecule has 2 aromatic rings. The molecule has 0 saturated carbocycles. The van der Waals surface area contributed by atoms with Crippen molar-refractivity contribution in [1.82, 2.24) is 5.32 Å². The van der Waals surface area contributed by atoms with Gasteiger partial charge in [-0.15, -0.1) is 11.3 Å². The smallest absolute Gasteiger partial charge is 0.261 e. The lowest BCUT2D eigenvalue weighted by Gasteiger charge is -2.19. The van der Waals surface area contributed by atoms with E-state index in [0.29, 0.717) is 13.0 Å². The van der Waals surface area contributed by atoms with E-state index in [1.54, 1.807) is 23.5 Å². The highest BCUT2D eigenvalue weighted by molar-refractivity contribution is 7.89. The van der Waals surface area contributed by atoms with Crippen molar-refractivity contribution >= 4 is 27.3 Å². The molecule has 7 heteroatoms. The molecular weight excluding hydrogens is 368 g/mol. The summed E-state index contributed by atoms with van der Waals surface area (Å²) < 4.78 is 22.5. The van der Waals surface area contributed by atoms with Crippen molar-refractivity contribution in [3.05, 3.63) is 51.2 Å². The van der Waals surface area contributed by atoms with Gasteiger partial charge in [0.25, 0.3) is 5.91 Å². The maximum absolute atomic E-state index is 12.4. The first-order chi connectivity index (χ1) is 12.4. The monoisotopic (exact) mass is 392 g/mol. The standard InChI is InChI=1S/C19H24N2O3S2/c1-2-13-5-8-17-15(11-13)12-18(25-17)19(22)21-10-9-14-3-6-16(7-4-14)26(20,23)24/h3-4,6-7,12-13H,2,5,8-11H2,1H3,(H,21,22)(H2,20,23,24)/t13-/m1/s1. The zero-order valence-electron chi connectivity index (χ0n) is 14.8. The number of carbonyl (C=O) groups excluding carboxylic acids is 1. The third-order valence-corrected chi connectivity index (χ3v) is 7.10. The highest BCUT2D eigenvalue weighted by Crippen LogP contribution is 2.33. The van der Waals surface area contributed by atoms with Crippen molar-refractivity contribution in [3.63, 3.8) is 0 Å². The van der Waals surface area contributed by atoms with Crippen LogP contribution in [0.2, 0.25) is 0 Å². The molecule has 0 fully saturated rings. The minimum absolute atomic E-state index is 0.0291. The first kappa shape index (κ1) is 19.1. The number of amides is 1. The van der Waals surface area contributed by atoms with Gasteiger partial charge < -0.3 is 5.32 Å². The van der Waals surface area contributed by atoms with Gasteiger partial charge in [0, 0.05) is 11.4 Å². The summed E-state index contributed by atoms with van der Waals surface area (Å²) in [5.74, 6) is 0.715. The number of aryl methyl sites for hydroxylation is 1. The summed E-state index contributed by atoms with van der Waals surface area (Å²) >= 11 is 1.61. The molecule has 1 atom stereocenters. The highest BCUT2D eigenvalue weighted by atomic mass is 32.2. The highest BCUT2D eigenvalue weighted by Gasteiger charge is 2.21. The quantitative estimate of drug-likeness (QED) is 0.792. The van der Waals surface area contributed by atoms with Crippen molar-refractivity contribution in [3.8, 4) is 0 Å². The van der Waals surface area contributed by atoms with Gasteiger partial charge in [0.15, 0.2) is 0 Å². The number of carbonyl (C=O) groups is 1. The summed E-state index contributed by atoms with van der Waals surface area (Å²) in [6.07, 6.45) is 5.23. The Bertz CT molecular complexity index is 886. The van der Waals surface area contributed by atoms with Crippen LogP contribution in [0.25, 0.3) is 0 Å². The molecule has 1 heterocycles. The number of sulfonamides is 1. The first-order valence-corrected chi connectivity index (χ1v) is 11.2. The zero-order chi connectivity index (χ0) is 18.7.